The van der Waals surface area contributed by atoms with Crippen LogP contribution >= 0.6 is 11.6 Å². The summed E-state index contributed by atoms with van der Waals surface area (Å²) in [5, 5.41) is 19.0. The number of fused-ring (bicyclic) bond motifs is 4. The molecule has 2 aromatic rings. The number of methoxy groups -OCH3 is 1. The van der Waals surface area contributed by atoms with Crippen LogP contribution in [0.2, 0.25) is 5.02 Å². The molecule has 2 aliphatic carbocycles. The Morgan fingerprint density at radius 2 is 1.84 bits per heavy atom. The molecule has 0 bridgehead atoms. The van der Waals surface area contributed by atoms with Crippen molar-refractivity contribution in [1.29, 1.82) is 0 Å². The van der Waals surface area contributed by atoms with Crippen LogP contribution in [0, 0.1) is 34.9 Å². The highest BCUT2D eigenvalue weighted by atomic mass is 35.5. The molecule has 2 N–H and O–H groups in total. The molecule has 2 aromatic carbocycles. The Hall–Kier alpha value is -4.25. The predicted octanol–water partition coefficient (Wildman–Crippen LogP) is 4.29. The summed E-state index contributed by atoms with van der Waals surface area (Å²) in [6.45, 7) is 1.68. The van der Waals surface area contributed by atoms with Crippen LogP contribution < -0.4 is 9.64 Å². The van der Waals surface area contributed by atoms with Crippen LogP contribution in [-0.2, 0) is 24.0 Å². The normalized spacial score (nSPS) is 29.4. The fourth-order valence-electron chi connectivity index (χ4n) is 7.84. The summed E-state index contributed by atoms with van der Waals surface area (Å²) in [5.41, 5.74) is -0.000376. The molecular formula is C32H30ClFN2O8. The second-order valence-electron chi connectivity index (χ2n) is 12.0. The lowest BCUT2D eigenvalue weighted by Gasteiger charge is -2.49. The molecule has 2 heterocycles. The number of allylic oxidation sites excluding steroid dienone is 2. The second kappa shape index (κ2) is 10.7. The van der Waals surface area contributed by atoms with Crippen molar-refractivity contribution >= 4 is 46.9 Å². The maximum Gasteiger partial charge on any atom is 0.303 e. The largest absolute Gasteiger partial charge is 0.508 e. The first-order valence-corrected chi connectivity index (χ1v) is 14.7. The Balaban J connectivity index is 1.48. The first-order chi connectivity index (χ1) is 20.9. The number of ether oxygens (including phenoxy) is 1. The van der Waals surface area contributed by atoms with Gasteiger partial charge in [-0.15, -0.1) is 0 Å². The fourth-order valence-corrected chi connectivity index (χ4v) is 8.02. The molecule has 2 aliphatic heterocycles. The summed E-state index contributed by atoms with van der Waals surface area (Å²) in [6, 6.07) is 8.11. The highest BCUT2D eigenvalue weighted by Gasteiger charge is 2.67. The molecule has 4 amide bonds. The number of phenolic OH excluding ortho intramolecular Hbond substituents is 1. The molecule has 0 spiro atoms. The highest BCUT2D eigenvalue weighted by molar-refractivity contribution is 6.31. The van der Waals surface area contributed by atoms with Crippen molar-refractivity contribution in [3.63, 3.8) is 0 Å². The molecule has 6 atom stereocenters. The van der Waals surface area contributed by atoms with E-state index >= 15 is 0 Å². The van der Waals surface area contributed by atoms with E-state index in [2.05, 4.69) is 0 Å². The lowest BCUT2D eigenvalue weighted by atomic mass is 9.51. The zero-order valence-corrected chi connectivity index (χ0v) is 24.7. The van der Waals surface area contributed by atoms with Crippen LogP contribution in [0.5, 0.6) is 11.5 Å². The van der Waals surface area contributed by atoms with Crippen molar-refractivity contribution in [2.45, 2.75) is 38.5 Å². The van der Waals surface area contributed by atoms with E-state index in [0.29, 0.717) is 5.56 Å². The summed E-state index contributed by atoms with van der Waals surface area (Å²) in [6.07, 6.45) is 2.15. The number of imide groups is 2. The van der Waals surface area contributed by atoms with E-state index in [9.17, 15) is 33.5 Å². The van der Waals surface area contributed by atoms with E-state index < -0.39 is 64.5 Å². The number of amides is 4. The Bertz CT molecular complexity index is 1660. The van der Waals surface area contributed by atoms with Gasteiger partial charge in [0.2, 0.25) is 23.6 Å². The third-order valence-electron chi connectivity index (χ3n) is 9.83. The average Bonchev–Trinajstić information content (AvgIpc) is 3.34. The molecule has 0 aromatic heterocycles. The topological polar surface area (TPSA) is 142 Å². The van der Waals surface area contributed by atoms with Gasteiger partial charge in [0.05, 0.1) is 41.0 Å². The van der Waals surface area contributed by atoms with Crippen LogP contribution in [-0.4, -0.2) is 58.4 Å². The van der Waals surface area contributed by atoms with Gasteiger partial charge in [0, 0.05) is 30.5 Å². The Morgan fingerprint density at radius 3 is 2.52 bits per heavy atom. The number of nitrogens with zero attached hydrogens (tertiary/aromatic N) is 2. The molecule has 6 unspecified atom stereocenters. The molecule has 2 saturated heterocycles. The van der Waals surface area contributed by atoms with Gasteiger partial charge < -0.3 is 14.9 Å². The minimum atomic E-state index is -1.37. The molecule has 44 heavy (non-hydrogen) atoms. The van der Waals surface area contributed by atoms with E-state index in [-0.39, 0.29) is 60.3 Å². The van der Waals surface area contributed by atoms with Crippen LogP contribution in [0.15, 0.2) is 48.0 Å². The molecule has 0 radical (unpaired) electrons. The van der Waals surface area contributed by atoms with Gasteiger partial charge in [0.25, 0.3) is 0 Å². The minimum Gasteiger partial charge on any atom is -0.508 e. The van der Waals surface area contributed by atoms with Crippen LogP contribution in [0.4, 0.5) is 10.1 Å². The molecule has 4 aliphatic rings. The van der Waals surface area contributed by atoms with Crippen molar-refractivity contribution in [2.75, 3.05) is 18.6 Å². The van der Waals surface area contributed by atoms with Crippen molar-refractivity contribution in [3.8, 4) is 11.5 Å². The van der Waals surface area contributed by atoms with Gasteiger partial charge >= 0.3 is 5.97 Å². The number of rotatable bonds is 7. The monoisotopic (exact) mass is 624 g/mol. The van der Waals surface area contributed by atoms with Crippen molar-refractivity contribution in [1.82, 2.24) is 4.90 Å². The van der Waals surface area contributed by atoms with Crippen molar-refractivity contribution in [2.24, 2.45) is 29.1 Å². The smallest absolute Gasteiger partial charge is 0.303 e. The second-order valence-corrected chi connectivity index (χ2v) is 12.4. The van der Waals surface area contributed by atoms with E-state index in [0.717, 1.165) is 21.4 Å². The summed E-state index contributed by atoms with van der Waals surface area (Å²) >= 11 is 6.03. The first kappa shape index (κ1) is 29.8. The number of aliphatic carboxylic acids is 1. The summed E-state index contributed by atoms with van der Waals surface area (Å²) in [7, 11) is 1.42. The number of phenols is 1. The van der Waals surface area contributed by atoms with Gasteiger partial charge in [0.1, 0.15) is 17.3 Å². The van der Waals surface area contributed by atoms with Gasteiger partial charge in [-0.2, -0.15) is 0 Å². The molecule has 10 nitrogen and oxygen atoms in total. The minimum absolute atomic E-state index is 0.0219. The van der Waals surface area contributed by atoms with Gasteiger partial charge in [-0.25, -0.2) is 9.29 Å². The van der Waals surface area contributed by atoms with Crippen LogP contribution in [0.3, 0.4) is 0 Å². The van der Waals surface area contributed by atoms with Crippen molar-refractivity contribution in [3.05, 3.63) is 64.5 Å². The molecule has 3 fully saturated rings. The lowest BCUT2D eigenvalue weighted by molar-refractivity contribution is -0.142. The maximum atomic E-state index is 14.4. The van der Waals surface area contributed by atoms with Crippen LogP contribution in [0.25, 0.3) is 0 Å². The number of halogens is 2. The number of benzene rings is 2. The van der Waals surface area contributed by atoms with Gasteiger partial charge in [-0.05, 0) is 56.4 Å². The zero-order valence-electron chi connectivity index (χ0n) is 24.0. The maximum absolute atomic E-state index is 14.4. The number of carboxylic acids is 1. The number of hydrogen-bond acceptors (Lipinski definition) is 7. The van der Waals surface area contributed by atoms with Gasteiger partial charge in [-0.1, -0.05) is 29.3 Å². The number of carboxylic acid groups (broad SMARTS) is 1. The van der Waals surface area contributed by atoms with Crippen LogP contribution in [0.1, 0.15) is 44.1 Å². The molecule has 6 rings (SSSR count). The predicted molar refractivity (Wildman–Crippen MR) is 154 cm³/mol. The van der Waals surface area contributed by atoms with E-state index in [4.69, 9.17) is 21.4 Å². The molecule has 230 valence electrons. The molecule has 1 saturated carbocycles. The molecule has 12 heteroatoms. The van der Waals surface area contributed by atoms with E-state index in [1.165, 1.54) is 31.4 Å². The van der Waals surface area contributed by atoms with E-state index in [1.54, 1.807) is 13.0 Å². The standard InChI is InChI=1S/C32H30ClFN2O8/c1-32-21(29(41)36(31(32)43)15-5-10-23(34)22(33)12-15)14-20-17(27(32)18-7-6-16(37)13-24(18)44-2)8-9-19-26(20)30(42)35(28(19)40)11-3-4-25(38)39/h5-8,10,12-13,19-21,26-27,37H,3-4,9,11,14H2,1-2H3,(H,38,39). The number of hydrogen-bond donors (Lipinski definition) is 2. The Kier molecular flexibility index (Phi) is 7.27. The molecular weight excluding hydrogens is 595 g/mol. The lowest BCUT2D eigenvalue weighted by Crippen LogP contribution is -2.49. The van der Waals surface area contributed by atoms with Gasteiger partial charge in [-0.3, -0.25) is 28.9 Å². The van der Waals surface area contributed by atoms with Crippen molar-refractivity contribution < 1.29 is 43.3 Å². The SMILES string of the molecule is COc1cc(O)ccc1C1C2=CCC3C(=O)N(CCCC(=O)O)C(=O)C3C2CC2C(=O)N(c3ccc(F)c(Cl)c3)C(=O)C21C. The van der Waals surface area contributed by atoms with Gasteiger partial charge in [0.15, 0.2) is 0 Å². The summed E-state index contributed by atoms with van der Waals surface area (Å²) < 4.78 is 19.7. The third kappa shape index (κ3) is 4.31. The Morgan fingerprint density at radius 1 is 1.09 bits per heavy atom. The highest BCUT2D eigenvalue weighted by Crippen LogP contribution is 2.64. The third-order valence-corrected chi connectivity index (χ3v) is 10.1. The zero-order chi connectivity index (χ0) is 31.7. The summed E-state index contributed by atoms with van der Waals surface area (Å²) in [5.74, 6) is -7.10. The summed E-state index contributed by atoms with van der Waals surface area (Å²) in [4.78, 5) is 69.1. The Labute approximate surface area is 257 Å². The van der Waals surface area contributed by atoms with E-state index in [1.807, 2.05) is 6.08 Å². The number of carbonyl (C=O) groups is 5. The first-order valence-electron chi connectivity index (χ1n) is 14.4. The number of carbonyl (C=O) groups excluding carboxylic acids is 4. The number of anilines is 1. The average molecular weight is 625 g/mol. The number of likely N-dealkylation sites (tertiary alicyclic amines) is 1. The number of aromatic hydroxyl groups is 1. The quantitative estimate of drug-likeness (QED) is 0.343. The fraction of sp³-hybridized carbons (Fsp3) is 0.406.